The fourth-order valence-electron chi connectivity index (χ4n) is 6.56. The van der Waals surface area contributed by atoms with Gasteiger partial charge in [-0.15, -0.1) is 0 Å². The number of piperidine rings is 1. The van der Waals surface area contributed by atoms with Crippen LogP contribution in [0.25, 0.3) is 0 Å². The highest BCUT2D eigenvalue weighted by atomic mass is 32.1. The number of fused-ring (bicyclic) bond motifs is 6. The van der Waals surface area contributed by atoms with Crippen molar-refractivity contribution in [2.24, 2.45) is 10.7 Å². The van der Waals surface area contributed by atoms with E-state index in [-0.39, 0.29) is 11.5 Å². The molecule has 0 spiro atoms. The lowest BCUT2D eigenvalue weighted by Crippen LogP contribution is -2.40. The number of thiophene rings is 1. The summed E-state index contributed by atoms with van der Waals surface area (Å²) in [5.74, 6) is 1.19. The summed E-state index contributed by atoms with van der Waals surface area (Å²) in [5.41, 5.74) is 11.6. The number of amidine groups is 1. The molecule has 5 aliphatic heterocycles. The van der Waals surface area contributed by atoms with Crippen molar-refractivity contribution in [3.63, 3.8) is 0 Å². The first-order valence-electron chi connectivity index (χ1n) is 12.4. The van der Waals surface area contributed by atoms with Crippen molar-refractivity contribution in [1.29, 1.82) is 5.26 Å². The van der Waals surface area contributed by atoms with Gasteiger partial charge in [-0.1, -0.05) is 17.4 Å². The van der Waals surface area contributed by atoms with Crippen LogP contribution in [0, 0.1) is 11.3 Å². The van der Waals surface area contributed by atoms with Gasteiger partial charge in [0.05, 0.1) is 35.2 Å². The molecule has 0 radical (unpaired) electrons. The summed E-state index contributed by atoms with van der Waals surface area (Å²) in [6.45, 7) is 2.11. The molecule has 2 aromatic rings. The number of hydrogen-bond donors (Lipinski definition) is 2. The average Bonchev–Trinajstić information content (AvgIpc) is 3.32. The van der Waals surface area contributed by atoms with Crippen LogP contribution in [0.3, 0.4) is 0 Å². The fourth-order valence-corrected chi connectivity index (χ4v) is 8.04. The van der Waals surface area contributed by atoms with E-state index in [1.807, 2.05) is 0 Å². The van der Waals surface area contributed by atoms with Crippen molar-refractivity contribution < 1.29 is 14.6 Å². The van der Waals surface area contributed by atoms with Crippen molar-refractivity contribution in [2.45, 2.75) is 43.9 Å². The number of rotatable bonds is 2. The van der Waals surface area contributed by atoms with Gasteiger partial charge in [-0.25, -0.2) is 4.99 Å². The highest BCUT2D eigenvalue weighted by molar-refractivity contribution is 7.21. The van der Waals surface area contributed by atoms with E-state index in [2.05, 4.69) is 15.9 Å². The SMILES string of the molecule is COc1cc([C@H]2C(C#N)=C3N=C(N)c4c(sc5c4C4CCN5CC4)N3C3=C2C(=O)CCC3)ccc1O. The molecule has 8 nitrogen and oxygen atoms in total. The third-order valence-electron chi connectivity index (χ3n) is 8.17. The molecule has 36 heavy (non-hydrogen) atoms. The van der Waals surface area contributed by atoms with E-state index < -0.39 is 5.92 Å². The predicted octanol–water partition coefficient (Wildman–Crippen LogP) is 4.22. The number of nitrogens with zero attached hydrogens (tertiary/aromatic N) is 4. The Morgan fingerprint density at radius 2 is 2.06 bits per heavy atom. The Labute approximate surface area is 212 Å². The molecule has 1 saturated heterocycles. The first kappa shape index (κ1) is 21.5. The summed E-state index contributed by atoms with van der Waals surface area (Å²) in [6, 6.07) is 7.38. The van der Waals surface area contributed by atoms with Crippen molar-refractivity contribution >= 4 is 33.0 Å². The topological polar surface area (TPSA) is 115 Å². The van der Waals surface area contributed by atoms with E-state index in [4.69, 9.17) is 15.5 Å². The molecule has 6 heterocycles. The normalized spacial score (nSPS) is 22.6. The van der Waals surface area contributed by atoms with E-state index in [9.17, 15) is 15.2 Å². The molecule has 2 bridgehead atoms. The number of phenolic OH excluding ortho intramolecular Hbond substituents is 1. The van der Waals surface area contributed by atoms with Gasteiger partial charge >= 0.3 is 0 Å². The minimum atomic E-state index is -0.592. The number of ketones is 1. The summed E-state index contributed by atoms with van der Waals surface area (Å²) < 4.78 is 5.34. The summed E-state index contributed by atoms with van der Waals surface area (Å²) in [5, 5.41) is 22.9. The second-order valence-electron chi connectivity index (χ2n) is 9.95. The number of allylic oxidation sites excluding steroid dienone is 3. The van der Waals surface area contributed by atoms with Crippen LogP contribution in [0.15, 0.2) is 45.9 Å². The molecule has 0 saturated carbocycles. The number of nitriles is 1. The zero-order valence-electron chi connectivity index (χ0n) is 19.9. The van der Waals surface area contributed by atoms with Crippen molar-refractivity contribution in [2.75, 3.05) is 30.0 Å². The number of aromatic hydroxyl groups is 1. The van der Waals surface area contributed by atoms with Gasteiger partial charge in [-0.05, 0) is 49.3 Å². The molecule has 182 valence electrons. The van der Waals surface area contributed by atoms with Gasteiger partial charge in [0, 0.05) is 36.3 Å². The molecule has 1 aliphatic carbocycles. The van der Waals surface area contributed by atoms with Crippen LogP contribution in [0.1, 0.15) is 60.6 Å². The summed E-state index contributed by atoms with van der Waals surface area (Å²) in [6.07, 6.45) is 4.16. The average molecular weight is 500 g/mol. The monoisotopic (exact) mass is 499 g/mol. The van der Waals surface area contributed by atoms with Crippen molar-refractivity contribution in [1.82, 2.24) is 0 Å². The smallest absolute Gasteiger partial charge is 0.161 e. The van der Waals surface area contributed by atoms with Gasteiger partial charge < -0.3 is 20.5 Å². The van der Waals surface area contributed by atoms with Crippen molar-refractivity contribution in [3.8, 4) is 17.6 Å². The maximum absolute atomic E-state index is 13.5. The van der Waals surface area contributed by atoms with Gasteiger partial charge in [-0.3, -0.25) is 9.69 Å². The molecule has 0 unspecified atom stereocenters. The third kappa shape index (κ3) is 2.73. The van der Waals surface area contributed by atoms with Gasteiger partial charge in [0.1, 0.15) is 10.8 Å². The van der Waals surface area contributed by atoms with Crippen LogP contribution in [0.4, 0.5) is 10.0 Å². The minimum Gasteiger partial charge on any atom is -0.504 e. The number of methoxy groups -OCH3 is 1. The number of phenols is 1. The largest absolute Gasteiger partial charge is 0.504 e. The highest BCUT2D eigenvalue weighted by Crippen LogP contribution is 2.58. The number of nitrogens with two attached hydrogens (primary N) is 1. The molecule has 6 aliphatic rings. The maximum Gasteiger partial charge on any atom is 0.161 e. The molecule has 0 amide bonds. The minimum absolute atomic E-state index is 0.00684. The molecule has 3 N–H and O–H groups in total. The number of aliphatic imine (C=N–C) groups is 1. The zero-order chi connectivity index (χ0) is 24.7. The molecular weight excluding hydrogens is 474 g/mol. The number of hydrogen-bond acceptors (Lipinski definition) is 9. The van der Waals surface area contributed by atoms with E-state index >= 15 is 0 Å². The van der Waals surface area contributed by atoms with Gasteiger partial charge in [0.15, 0.2) is 23.1 Å². The summed E-state index contributed by atoms with van der Waals surface area (Å²) in [4.78, 5) is 22.9. The Bertz CT molecular complexity index is 1490. The van der Waals surface area contributed by atoms with Crippen molar-refractivity contribution in [3.05, 3.63) is 57.6 Å². The van der Waals surface area contributed by atoms with Crippen LogP contribution in [0.5, 0.6) is 11.5 Å². The number of carbonyl (C=O) groups excluding carboxylic acids is 1. The van der Waals surface area contributed by atoms with E-state index in [1.165, 1.54) is 17.7 Å². The lowest BCUT2D eigenvalue weighted by atomic mass is 9.75. The van der Waals surface area contributed by atoms with Crippen LogP contribution in [0.2, 0.25) is 0 Å². The van der Waals surface area contributed by atoms with Gasteiger partial charge in [0.25, 0.3) is 0 Å². The second kappa shape index (κ2) is 7.61. The first-order valence-corrected chi connectivity index (χ1v) is 13.2. The van der Waals surface area contributed by atoms with Gasteiger partial charge in [-0.2, -0.15) is 5.26 Å². The number of ether oxygens (including phenoxy) is 1. The number of benzene rings is 1. The van der Waals surface area contributed by atoms with E-state index in [0.717, 1.165) is 55.0 Å². The standard InChI is InChI=1S/C27H25N5O3S/c1-35-19-11-14(5-6-17(19)33)20-15(12-28)25-30-24(29)23-21-13-7-9-31(10-8-13)26(21)36-27(23)32(25)16-3-2-4-18(34)22(16)20/h5-6,11,13,20,33H,2-4,7-10H2,1H3,(H2,29,30)/t20-/m0/s1. The molecule has 9 heteroatoms. The predicted molar refractivity (Wildman–Crippen MR) is 138 cm³/mol. The maximum atomic E-state index is 13.5. The van der Waals surface area contributed by atoms with Crippen LogP contribution in [-0.2, 0) is 4.79 Å². The first-order chi connectivity index (χ1) is 17.5. The lowest BCUT2D eigenvalue weighted by Gasteiger charge is -2.41. The number of anilines is 2. The Morgan fingerprint density at radius 3 is 2.81 bits per heavy atom. The second-order valence-corrected chi connectivity index (χ2v) is 10.9. The van der Waals surface area contributed by atoms with Crippen LogP contribution >= 0.6 is 11.3 Å². The fraction of sp³-hybridized carbons (Fsp3) is 0.370. The lowest BCUT2D eigenvalue weighted by molar-refractivity contribution is -0.116. The molecular formula is C27H25N5O3S. The van der Waals surface area contributed by atoms with Gasteiger partial charge in [0.2, 0.25) is 0 Å². The molecule has 1 atom stereocenters. The van der Waals surface area contributed by atoms with Crippen LogP contribution in [-0.4, -0.2) is 36.9 Å². The zero-order valence-corrected chi connectivity index (χ0v) is 20.7. The molecule has 1 aromatic carbocycles. The Morgan fingerprint density at radius 1 is 1.25 bits per heavy atom. The number of Topliss-reactive ketones (excluding diaryl/α,β-unsaturated/α-hetero) is 1. The molecule has 1 aromatic heterocycles. The Hall–Kier alpha value is -3.77. The Balaban J connectivity index is 1.50. The number of carbonyl (C=O) groups is 1. The highest BCUT2D eigenvalue weighted by Gasteiger charge is 2.46. The third-order valence-corrected chi connectivity index (χ3v) is 9.42. The quantitative estimate of drug-likeness (QED) is 0.636. The van der Waals surface area contributed by atoms with E-state index in [1.54, 1.807) is 29.5 Å². The molecule has 1 fully saturated rings. The summed E-state index contributed by atoms with van der Waals surface area (Å²) in [7, 11) is 1.48. The van der Waals surface area contributed by atoms with Crippen LogP contribution < -0.4 is 20.3 Å². The van der Waals surface area contributed by atoms with E-state index in [0.29, 0.717) is 46.5 Å². The Kier molecular flexibility index (Phi) is 4.55. The summed E-state index contributed by atoms with van der Waals surface area (Å²) >= 11 is 1.71. The molecule has 8 rings (SSSR count).